The molecule has 0 amide bonds. The predicted molar refractivity (Wildman–Crippen MR) is 123 cm³/mol. The molecule has 0 spiro atoms. The van der Waals surface area contributed by atoms with E-state index in [1.807, 2.05) is 6.92 Å². The molecule has 35 heavy (non-hydrogen) atoms. The summed E-state index contributed by atoms with van der Waals surface area (Å²) >= 11 is 0. The summed E-state index contributed by atoms with van der Waals surface area (Å²) in [5.41, 5.74) is -2.00. The minimum absolute atomic E-state index is 0.227. The van der Waals surface area contributed by atoms with Gasteiger partial charge in [0.2, 0.25) is 12.1 Å². The third-order valence-electron chi connectivity index (χ3n) is 8.52. The third-order valence-corrected chi connectivity index (χ3v) is 8.52. The SMILES string of the molecule is CCN1N=C(C23CCC(c4nnc(C5C=CC=CC5C(F)(F)F)n4C)(CC2)CC3)OC1C(C)(C)F. The minimum Gasteiger partial charge on any atom is -0.450 e. The Morgan fingerprint density at radius 2 is 1.57 bits per heavy atom. The highest BCUT2D eigenvalue weighted by Gasteiger charge is 2.57. The highest BCUT2D eigenvalue weighted by molar-refractivity contribution is 5.84. The summed E-state index contributed by atoms with van der Waals surface area (Å²) in [5, 5.41) is 15.1. The van der Waals surface area contributed by atoms with Crippen molar-refractivity contribution in [2.75, 3.05) is 6.54 Å². The van der Waals surface area contributed by atoms with Gasteiger partial charge in [-0.1, -0.05) is 24.3 Å². The van der Waals surface area contributed by atoms with Crippen molar-refractivity contribution in [1.29, 1.82) is 0 Å². The number of rotatable bonds is 5. The molecule has 1 aromatic rings. The van der Waals surface area contributed by atoms with Gasteiger partial charge in [-0.3, -0.25) is 5.01 Å². The Morgan fingerprint density at radius 1 is 0.971 bits per heavy atom. The first-order valence-electron chi connectivity index (χ1n) is 12.4. The Morgan fingerprint density at radius 3 is 2.11 bits per heavy atom. The molecule has 6 rings (SSSR count). The Balaban J connectivity index is 1.37. The number of alkyl halides is 4. The fourth-order valence-corrected chi connectivity index (χ4v) is 6.42. The van der Waals surface area contributed by atoms with Crippen LogP contribution in [0.2, 0.25) is 0 Å². The molecule has 3 unspecified atom stereocenters. The molecule has 5 aliphatic rings. The summed E-state index contributed by atoms with van der Waals surface area (Å²) < 4.78 is 63.7. The van der Waals surface area contributed by atoms with Crippen molar-refractivity contribution in [3.63, 3.8) is 0 Å². The van der Waals surface area contributed by atoms with E-state index in [1.54, 1.807) is 28.8 Å². The first-order valence-corrected chi connectivity index (χ1v) is 12.4. The van der Waals surface area contributed by atoms with E-state index in [1.165, 1.54) is 26.0 Å². The Kier molecular flexibility index (Phi) is 5.60. The average Bonchev–Trinajstić information content (AvgIpc) is 3.44. The zero-order valence-corrected chi connectivity index (χ0v) is 20.6. The lowest BCUT2D eigenvalue weighted by molar-refractivity contribution is -0.164. The molecule has 1 aliphatic heterocycles. The molecule has 0 saturated heterocycles. The molecule has 10 heteroatoms. The molecule has 0 radical (unpaired) electrons. The van der Waals surface area contributed by atoms with E-state index in [2.05, 4.69) is 15.3 Å². The second kappa shape index (κ2) is 8.06. The molecule has 0 N–H and O–H groups in total. The number of aromatic nitrogens is 3. The first kappa shape index (κ1) is 24.3. The lowest BCUT2D eigenvalue weighted by atomic mass is 9.53. The molecule has 3 fully saturated rings. The Hall–Kier alpha value is -2.39. The van der Waals surface area contributed by atoms with Crippen LogP contribution in [0.15, 0.2) is 29.4 Å². The Labute approximate surface area is 203 Å². The second-order valence-corrected chi connectivity index (χ2v) is 11.1. The van der Waals surface area contributed by atoms with E-state index >= 15 is 0 Å². The van der Waals surface area contributed by atoms with Crippen LogP contribution in [0.4, 0.5) is 17.6 Å². The normalized spacial score (nSPS) is 34.9. The van der Waals surface area contributed by atoms with Crippen molar-refractivity contribution in [2.24, 2.45) is 23.5 Å². The molecule has 1 aromatic heterocycles. The van der Waals surface area contributed by atoms with Gasteiger partial charge in [0.25, 0.3) is 0 Å². The van der Waals surface area contributed by atoms with Crippen LogP contribution in [0.5, 0.6) is 0 Å². The van der Waals surface area contributed by atoms with E-state index < -0.39 is 29.9 Å². The molecular weight excluding hydrogens is 462 g/mol. The van der Waals surface area contributed by atoms with Gasteiger partial charge in [-0.25, -0.2) is 4.39 Å². The molecule has 3 atom stereocenters. The number of hydrogen-bond donors (Lipinski definition) is 0. The van der Waals surface area contributed by atoms with Crippen molar-refractivity contribution in [1.82, 2.24) is 19.8 Å². The zero-order chi connectivity index (χ0) is 25.2. The molecule has 6 nitrogen and oxygen atoms in total. The lowest BCUT2D eigenvalue weighted by Gasteiger charge is -2.52. The largest absolute Gasteiger partial charge is 0.450 e. The number of halogens is 4. The maximum atomic E-state index is 14.8. The number of nitrogens with zero attached hydrogens (tertiary/aromatic N) is 5. The summed E-state index contributed by atoms with van der Waals surface area (Å²) in [4.78, 5) is 0. The van der Waals surface area contributed by atoms with Crippen LogP contribution in [0.1, 0.15) is 76.9 Å². The van der Waals surface area contributed by atoms with Gasteiger partial charge in [-0.2, -0.15) is 13.2 Å². The molecular formula is C25H33F4N5O. The van der Waals surface area contributed by atoms with Gasteiger partial charge in [-0.15, -0.1) is 15.3 Å². The van der Waals surface area contributed by atoms with Crippen molar-refractivity contribution in [3.05, 3.63) is 36.0 Å². The molecule has 3 saturated carbocycles. The second-order valence-electron chi connectivity index (χ2n) is 11.1. The summed E-state index contributed by atoms with van der Waals surface area (Å²) in [7, 11) is 1.78. The highest BCUT2D eigenvalue weighted by atomic mass is 19.4. The van der Waals surface area contributed by atoms with Gasteiger partial charge in [0, 0.05) is 24.4 Å². The molecule has 192 valence electrons. The van der Waals surface area contributed by atoms with Gasteiger partial charge in [0.05, 0.1) is 11.8 Å². The molecule has 2 heterocycles. The van der Waals surface area contributed by atoms with Gasteiger partial charge < -0.3 is 9.30 Å². The van der Waals surface area contributed by atoms with Crippen molar-refractivity contribution < 1.29 is 22.3 Å². The van der Waals surface area contributed by atoms with E-state index in [0.717, 1.165) is 44.3 Å². The third kappa shape index (κ3) is 3.87. The maximum absolute atomic E-state index is 14.8. The van der Waals surface area contributed by atoms with E-state index in [4.69, 9.17) is 4.74 Å². The average molecular weight is 496 g/mol. The van der Waals surface area contributed by atoms with Crippen LogP contribution in [0, 0.1) is 11.3 Å². The summed E-state index contributed by atoms with van der Waals surface area (Å²) in [6.07, 6.45) is 5.68. The summed E-state index contributed by atoms with van der Waals surface area (Å²) in [6, 6.07) is 0. The van der Waals surface area contributed by atoms with Crippen LogP contribution in [0.25, 0.3) is 0 Å². The van der Waals surface area contributed by atoms with Gasteiger partial charge in [0.1, 0.15) is 11.6 Å². The van der Waals surface area contributed by atoms with Crippen LogP contribution in [-0.2, 0) is 17.2 Å². The number of fused-ring (bicyclic) bond motifs is 3. The van der Waals surface area contributed by atoms with Gasteiger partial charge in [-0.05, 0) is 59.3 Å². The van der Waals surface area contributed by atoms with Gasteiger partial charge in [0.15, 0.2) is 5.67 Å². The molecule has 2 bridgehead atoms. The van der Waals surface area contributed by atoms with Gasteiger partial charge >= 0.3 is 6.18 Å². The van der Waals surface area contributed by atoms with E-state index in [-0.39, 0.29) is 10.8 Å². The van der Waals surface area contributed by atoms with Crippen LogP contribution in [0.3, 0.4) is 0 Å². The molecule has 4 aliphatic carbocycles. The molecule has 0 aromatic carbocycles. The standard InChI is InChI=1S/C25H33F4N5O/c1-5-34-21(22(2,3)26)35-20(32-34)24-13-10-23(11-14-24,12-15-24)19-31-30-18(33(19)4)16-8-6-7-9-17(16)25(27,28)29/h6-9,16-17,21H,5,10-15H2,1-4H3. The van der Waals surface area contributed by atoms with Crippen LogP contribution >= 0.6 is 0 Å². The number of allylic oxidation sites excluding steroid dienone is 4. The van der Waals surface area contributed by atoms with Crippen molar-refractivity contribution in [3.8, 4) is 0 Å². The summed E-state index contributed by atoms with van der Waals surface area (Å²) in [5.74, 6) is -0.769. The lowest BCUT2D eigenvalue weighted by Crippen LogP contribution is -2.50. The fourth-order valence-electron chi connectivity index (χ4n) is 6.42. The van der Waals surface area contributed by atoms with Crippen LogP contribution in [-0.4, -0.2) is 50.3 Å². The predicted octanol–water partition coefficient (Wildman–Crippen LogP) is 5.54. The fraction of sp³-hybridized carbons (Fsp3) is 0.720. The quantitative estimate of drug-likeness (QED) is 0.504. The van der Waals surface area contributed by atoms with Crippen LogP contribution < -0.4 is 0 Å². The van der Waals surface area contributed by atoms with E-state index in [9.17, 15) is 17.6 Å². The smallest absolute Gasteiger partial charge is 0.396 e. The zero-order valence-electron chi connectivity index (χ0n) is 20.6. The number of hydrogen-bond acceptors (Lipinski definition) is 5. The van der Waals surface area contributed by atoms with E-state index in [0.29, 0.717) is 18.3 Å². The van der Waals surface area contributed by atoms with Crippen molar-refractivity contribution in [2.45, 2.75) is 88.7 Å². The number of hydrazone groups is 1. The monoisotopic (exact) mass is 495 g/mol. The maximum Gasteiger partial charge on any atom is 0.396 e. The van der Waals surface area contributed by atoms with Crippen molar-refractivity contribution >= 4 is 5.90 Å². The number of ether oxygens (including phenoxy) is 1. The Bertz CT molecular complexity index is 1040. The summed E-state index contributed by atoms with van der Waals surface area (Å²) in [6.45, 7) is 5.52. The minimum atomic E-state index is -4.36. The highest BCUT2D eigenvalue weighted by Crippen LogP contribution is 2.59. The first-order chi connectivity index (χ1) is 16.4. The topological polar surface area (TPSA) is 55.5 Å².